The molecule has 7 nitrogen and oxygen atoms in total. The number of amides is 2. The summed E-state index contributed by atoms with van der Waals surface area (Å²) >= 11 is 0. The van der Waals surface area contributed by atoms with Crippen molar-refractivity contribution in [2.75, 3.05) is 53.0 Å². The van der Waals surface area contributed by atoms with Crippen LogP contribution in [0.5, 0.6) is 0 Å². The van der Waals surface area contributed by atoms with Crippen molar-refractivity contribution in [1.82, 2.24) is 14.7 Å². The Morgan fingerprint density at radius 3 is 2.54 bits per heavy atom. The molecule has 1 aromatic heterocycles. The van der Waals surface area contributed by atoms with Gasteiger partial charge in [0.15, 0.2) is 0 Å². The lowest BCUT2D eigenvalue weighted by atomic mass is 9.95. The van der Waals surface area contributed by atoms with Crippen molar-refractivity contribution < 1.29 is 18.7 Å². The number of methoxy groups -OCH3 is 1. The molecule has 0 saturated carbocycles. The van der Waals surface area contributed by atoms with E-state index in [0.717, 1.165) is 51.2 Å². The second-order valence-corrected chi connectivity index (χ2v) is 7.12. The number of furan rings is 1. The fourth-order valence-electron chi connectivity index (χ4n) is 3.82. The molecule has 0 aliphatic carbocycles. The Labute approximate surface area is 154 Å². The van der Waals surface area contributed by atoms with Gasteiger partial charge in [-0.3, -0.25) is 14.5 Å². The van der Waals surface area contributed by atoms with Crippen LogP contribution in [0.1, 0.15) is 25.0 Å². The van der Waals surface area contributed by atoms with Crippen LogP contribution < -0.4 is 0 Å². The van der Waals surface area contributed by atoms with E-state index in [1.165, 1.54) is 7.11 Å². The summed E-state index contributed by atoms with van der Waals surface area (Å²) in [6, 6.07) is 3.90. The maximum absolute atomic E-state index is 12.9. The molecule has 0 unspecified atom stereocenters. The summed E-state index contributed by atoms with van der Waals surface area (Å²) in [7, 11) is 1.53. The van der Waals surface area contributed by atoms with Gasteiger partial charge < -0.3 is 19.0 Å². The summed E-state index contributed by atoms with van der Waals surface area (Å²) in [4.78, 5) is 31.0. The molecule has 2 amide bonds. The molecule has 26 heavy (non-hydrogen) atoms. The molecular weight excluding hydrogens is 334 g/mol. The topological polar surface area (TPSA) is 66.2 Å². The first-order valence-corrected chi connectivity index (χ1v) is 9.47. The third-order valence-electron chi connectivity index (χ3n) is 5.32. The highest BCUT2D eigenvalue weighted by molar-refractivity contribution is 5.80. The zero-order valence-electron chi connectivity index (χ0n) is 15.6. The third-order valence-corrected chi connectivity index (χ3v) is 5.32. The number of carbonyl (C=O) groups is 2. The zero-order valence-corrected chi connectivity index (χ0v) is 15.6. The Morgan fingerprint density at radius 1 is 1.12 bits per heavy atom. The van der Waals surface area contributed by atoms with Crippen molar-refractivity contribution in [3.8, 4) is 0 Å². The van der Waals surface area contributed by atoms with Crippen molar-refractivity contribution in [2.24, 2.45) is 5.92 Å². The summed E-state index contributed by atoms with van der Waals surface area (Å²) in [5.41, 5.74) is 0. The van der Waals surface area contributed by atoms with E-state index in [9.17, 15) is 9.59 Å². The number of hydrogen-bond donors (Lipinski definition) is 0. The van der Waals surface area contributed by atoms with E-state index in [1.54, 1.807) is 6.26 Å². The van der Waals surface area contributed by atoms with Gasteiger partial charge in [0.25, 0.3) is 0 Å². The van der Waals surface area contributed by atoms with E-state index >= 15 is 0 Å². The van der Waals surface area contributed by atoms with E-state index in [1.807, 2.05) is 21.9 Å². The smallest absolute Gasteiger partial charge is 0.248 e. The quantitative estimate of drug-likeness (QED) is 0.786. The minimum Gasteiger partial charge on any atom is -0.468 e. The van der Waals surface area contributed by atoms with E-state index in [4.69, 9.17) is 9.15 Å². The van der Waals surface area contributed by atoms with Gasteiger partial charge in [0.2, 0.25) is 11.8 Å². The first-order valence-electron chi connectivity index (χ1n) is 9.47. The predicted octanol–water partition coefficient (Wildman–Crippen LogP) is 1.20. The molecule has 2 aliphatic heterocycles. The normalized spacial score (nSPS) is 20.2. The number of carbonyl (C=O) groups excluding carboxylic acids is 2. The lowest BCUT2D eigenvalue weighted by molar-refractivity contribution is -0.138. The lowest BCUT2D eigenvalue weighted by Gasteiger charge is -2.33. The predicted molar refractivity (Wildman–Crippen MR) is 96.4 cm³/mol. The molecule has 144 valence electrons. The van der Waals surface area contributed by atoms with E-state index in [2.05, 4.69) is 4.90 Å². The van der Waals surface area contributed by atoms with Crippen molar-refractivity contribution in [3.05, 3.63) is 24.2 Å². The molecule has 0 aromatic carbocycles. The van der Waals surface area contributed by atoms with Gasteiger partial charge in [-0.15, -0.1) is 0 Å². The maximum atomic E-state index is 12.9. The fourth-order valence-corrected chi connectivity index (χ4v) is 3.82. The molecule has 0 atom stereocenters. The summed E-state index contributed by atoms with van der Waals surface area (Å²) in [6.07, 6.45) is 4.31. The monoisotopic (exact) mass is 363 g/mol. The minimum absolute atomic E-state index is 0.00744. The molecule has 0 radical (unpaired) electrons. The number of piperidine rings is 1. The average Bonchev–Trinajstić information content (AvgIpc) is 3.03. The van der Waals surface area contributed by atoms with Gasteiger partial charge >= 0.3 is 0 Å². The summed E-state index contributed by atoms with van der Waals surface area (Å²) in [6.45, 7) is 5.44. The van der Waals surface area contributed by atoms with E-state index in [-0.39, 0.29) is 24.3 Å². The largest absolute Gasteiger partial charge is 0.468 e. The highest BCUT2D eigenvalue weighted by Crippen LogP contribution is 2.22. The number of ether oxygens (including phenoxy) is 1. The second-order valence-electron chi connectivity index (χ2n) is 7.12. The molecule has 2 aliphatic rings. The highest BCUT2D eigenvalue weighted by atomic mass is 16.5. The Bertz CT molecular complexity index is 582. The van der Waals surface area contributed by atoms with E-state index in [0.29, 0.717) is 19.6 Å². The molecule has 0 bridgehead atoms. The fraction of sp³-hybridized carbons (Fsp3) is 0.684. The standard InChI is InChI=1S/C19H29N3O4/c1-25-15-18(23)21-7-3-8-22(12-11-21)19(24)16-5-9-20(10-6-16)14-17-4-2-13-26-17/h2,4,13,16H,3,5-12,14-15H2,1H3. The van der Waals surface area contributed by atoms with E-state index < -0.39 is 0 Å². The first-order chi connectivity index (χ1) is 12.7. The molecule has 7 heteroatoms. The number of likely N-dealkylation sites (tertiary alicyclic amines) is 1. The van der Waals surface area contributed by atoms with Crippen molar-refractivity contribution >= 4 is 11.8 Å². The lowest BCUT2D eigenvalue weighted by Crippen LogP contribution is -2.44. The average molecular weight is 363 g/mol. The van der Waals surface area contributed by atoms with Crippen LogP contribution in [0.15, 0.2) is 22.8 Å². The van der Waals surface area contributed by atoms with Gasteiger partial charge in [0.1, 0.15) is 12.4 Å². The molecule has 3 heterocycles. The van der Waals surface area contributed by atoms with Crippen molar-refractivity contribution in [1.29, 1.82) is 0 Å². The van der Waals surface area contributed by atoms with Crippen molar-refractivity contribution in [2.45, 2.75) is 25.8 Å². The van der Waals surface area contributed by atoms with Crippen LogP contribution in [0.3, 0.4) is 0 Å². The third kappa shape index (κ3) is 4.86. The van der Waals surface area contributed by atoms with Gasteiger partial charge in [0.05, 0.1) is 12.8 Å². The number of rotatable bonds is 5. The van der Waals surface area contributed by atoms with Gasteiger partial charge in [-0.2, -0.15) is 0 Å². The summed E-state index contributed by atoms with van der Waals surface area (Å²) < 4.78 is 10.3. The number of hydrogen-bond acceptors (Lipinski definition) is 5. The molecule has 3 rings (SSSR count). The van der Waals surface area contributed by atoms with Gasteiger partial charge in [0, 0.05) is 39.2 Å². The Balaban J connectivity index is 1.45. The van der Waals surface area contributed by atoms with Gasteiger partial charge in [-0.05, 0) is 44.5 Å². The van der Waals surface area contributed by atoms with Crippen LogP contribution in [-0.4, -0.2) is 79.5 Å². The maximum Gasteiger partial charge on any atom is 0.248 e. The number of nitrogens with zero attached hydrogens (tertiary/aromatic N) is 3. The summed E-state index contributed by atoms with van der Waals surface area (Å²) in [5, 5.41) is 0. The Hall–Kier alpha value is -1.86. The molecule has 0 N–H and O–H groups in total. The molecule has 1 aromatic rings. The molecule has 2 saturated heterocycles. The molecular formula is C19H29N3O4. The first kappa shape index (κ1) is 18.9. The zero-order chi connectivity index (χ0) is 18.4. The molecule has 2 fully saturated rings. The van der Waals surface area contributed by atoms with Crippen LogP contribution >= 0.6 is 0 Å². The summed E-state index contributed by atoms with van der Waals surface area (Å²) in [5.74, 6) is 1.34. The second kappa shape index (κ2) is 9.19. The van der Waals surface area contributed by atoms with Crippen LogP contribution in [0.2, 0.25) is 0 Å². The highest BCUT2D eigenvalue weighted by Gasteiger charge is 2.30. The minimum atomic E-state index is 0.00744. The Kier molecular flexibility index (Phi) is 6.68. The van der Waals surface area contributed by atoms with Gasteiger partial charge in [-0.25, -0.2) is 0 Å². The van der Waals surface area contributed by atoms with Gasteiger partial charge in [-0.1, -0.05) is 0 Å². The van der Waals surface area contributed by atoms with Crippen LogP contribution in [0.4, 0.5) is 0 Å². The SMILES string of the molecule is COCC(=O)N1CCCN(C(=O)C2CCN(Cc3ccco3)CC2)CC1. The van der Waals surface area contributed by atoms with Crippen LogP contribution in [0, 0.1) is 5.92 Å². The molecule has 0 spiro atoms. The van der Waals surface area contributed by atoms with Crippen molar-refractivity contribution in [3.63, 3.8) is 0 Å². The van der Waals surface area contributed by atoms with Crippen LogP contribution in [0.25, 0.3) is 0 Å². The van der Waals surface area contributed by atoms with Crippen LogP contribution in [-0.2, 0) is 20.9 Å². The Morgan fingerprint density at radius 2 is 1.85 bits per heavy atom.